The Morgan fingerprint density at radius 3 is 3.14 bits per heavy atom. The van der Waals surface area contributed by atoms with E-state index in [0.717, 1.165) is 5.56 Å². The summed E-state index contributed by atoms with van der Waals surface area (Å²) in [6, 6.07) is 4.99. The highest BCUT2D eigenvalue weighted by Crippen LogP contribution is 2.26. The van der Waals surface area contributed by atoms with Gasteiger partial charge in [-0.25, -0.2) is 15.0 Å². The number of phenolic OH excluding ortho intramolecular Hbond substituents is 1. The van der Waals surface area contributed by atoms with Crippen molar-refractivity contribution in [2.45, 2.75) is 6.92 Å². The highest BCUT2D eigenvalue weighted by molar-refractivity contribution is 5.84. The van der Waals surface area contributed by atoms with E-state index in [1.54, 1.807) is 30.7 Å². The summed E-state index contributed by atoms with van der Waals surface area (Å²) in [7, 11) is 0. The average molecular weight is 298 g/mol. The van der Waals surface area contributed by atoms with Gasteiger partial charge in [-0.15, -0.1) is 0 Å². The maximum atomic E-state index is 9.65. The summed E-state index contributed by atoms with van der Waals surface area (Å²) >= 11 is 0. The van der Waals surface area contributed by atoms with Crippen molar-refractivity contribution in [1.29, 1.82) is 0 Å². The summed E-state index contributed by atoms with van der Waals surface area (Å²) in [6.45, 7) is 2.33. The van der Waals surface area contributed by atoms with Gasteiger partial charge in [-0.1, -0.05) is 0 Å². The number of nitrogens with one attached hydrogen (secondary N) is 2. The monoisotopic (exact) mass is 298 g/mol. The standard InChI is InChI=1S/C14H14N6O2/c1-2-22-11-5-9(3-4-10(11)21)6-19-20-14-12-13(16-7-15-12)17-8-18-14/h3-8,21H,2H2,1H3,(H2,15,16,17,18,20)/b19-6+. The quantitative estimate of drug-likeness (QED) is 0.490. The van der Waals surface area contributed by atoms with Crippen LogP contribution in [0, 0.1) is 0 Å². The second-order valence-corrected chi connectivity index (χ2v) is 4.35. The molecule has 0 saturated heterocycles. The molecule has 3 aromatic rings. The molecule has 0 fully saturated rings. The van der Waals surface area contributed by atoms with Crippen molar-refractivity contribution in [1.82, 2.24) is 19.9 Å². The fourth-order valence-corrected chi connectivity index (χ4v) is 1.90. The number of rotatable bonds is 5. The Hall–Kier alpha value is -3.16. The first-order valence-electron chi connectivity index (χ1n) is 6.67. The molecule has 3 rings (SSSR count). The minimum Gasteiger partial charge on any atom is -0.504 e. The Balaban J connectivity index is 1.77. The Bertz CT molecular complexity index is 814. The fraction of sp³-hybridized carbons (Fsp3) is 0.143. The minimum atomic E-state index is 0.0990. The van der Waals surface area contributed by atoms with Crippen LogP contribution in [0.2, 0.25) is 0 Å². The normalized spacial score (nSPS) is 11.1. The second kappa shape index (κ2) is 6.08. The number of nitrogens with zero attached hydrogens (tertiary/aromatic N) is 4. The third kappa shape index (κ3) is 2.80. The third-order valence-corrected chi connectivity index (χ3v) is 2.89. The van der Waals surface area contributed by atoms with Crippen LogP contribution in [0.15, 0.2) is 36.0 Å². The number of fused-ring (bicyclic) bond motifs is 1. The molecule has 0 atom stereocenters. The molecule has 0 spiro atoms. The average Bonchev–Trinajstić information content (AvgIpc) is 3.00. The molecule has 2 aromatic heterocycles. The topological polar surface area (TPSA) is 108 Å². The summed E-state index contributed by atoms with van der Waals surface area (Å²) in [5.74, 6) is 1.05. The first kappa shape index (κ1) is 13.8. The van der Waals surface area contributed by atoms with Gasteiger partial charge in [-0.2, -0.15) is 5.10 Å². The van der Waals surface area contributed by atoms with Crippen molar-refractivity contribution < 1.29 is 9.84 Å². The molecule has 8 heteroatoms. The number of aromatic amines is 1. The number of H-pyrrole nitrogens is 1. The van der Waals surface area contributed by atoms with Gasteiger partial charge < -0.3 is 14.8 Å². The van der Waals surface area contributed by atoms with Crippen molar-refractivity contribution in [3.05, 3.63) is 36.4 Å². The van der Waals surface area contributed by atoms with E-state index in [1.165, 1.54) is 6.33 Å². The summed E-state index contributed by atoms with van der Waals surface area (Å²) in [5.41, 5.74) is 4.86. The molecule has 3 N–H and O–H groups in total. The van der Waals surface area contributed by atoms with Gasteiger partial charge in [0.15, 0.2) is 23.0 Å². The lowest BCUT2D eigenvalue weighted by Crippen LogP contribution is -1.96. The summed E-state index contributed by atoms with van der Waals surface area (Å²) in [6.07, 6.45) is 4.56. The highest BCUT2D eigenvalue weighted by Gasteiger charge is 2.04. The largest absolute Gasteiger partial charge is 0.504 e. The molecule has 1 aromatic carbocycles. The van der Waals surface area contributed by atoms with Crippen molar-refractivity contribution in [3.63, 3.8) is 0 Å². The van der Waals surface area contributed by atoms with Gasteiger partial charge in [0.1, 0.15) is 11.8 Å². The van der Waals surface area contributed by atoms with Gasteiger partial charge in [0.05, 0.1) is 19.1 Å². The molecule has 0 bridgehead atoms. The van der Waals surface area contributed by atoms with E-state index >= 15 is 0 Å². The van der Waals surface area contributed by atoms with E-state index in [-0.39, 0.29) is 5.75 Å². The van der Waals surface area contributed by atoms with Crippen molar-refractivity contribution in [2.75, 3.05) is 12.0 Å². The Morgan fingerprint density at radius 2 is 2.27 bits per heavy atom. The lowest BCUT2D eigenvalue weighted by molar-refractivity contribution is 0.318. The number of hydrogen-bond acceptors (Lipinski definition) is 7. The van der Waals surface area contributed by atoms with Gasteiger partial charge in [0.25, 0.3) is 0 Å². The van der Waals surface area contributed by atoms with Gasteiger partial charge in [0.2, 0.25) is 0 Å². The zero-order chi connectivity index (χ0) is 15.4. The van der Waals surface area contributed by atoms with Crippen LogP contribution >= 0.6 is 0 Å². The van der Waals surface area contributed by atoms with E-state index in [2.05, 4.69) is 30.5 Å². The molecule has 0 aliphatic carbocycles. The van der Waals surface area contributed by atoms with Gasteiger partial charge >= 0.3 is 0 Å². The van der Waals surface area contributed by atoms with Crippen molar-refractivity contribution >= 4 is 23.2 Å². The molecule has 0 aliphatic heterocycles. The van der Waals surface area contributed by atoms with Gasteiger partial charge in [-0.3, -0.25) is 5.43 Å². The van der Waals surface area contributed by atoms with Gasteiger partial charge in [-0.05, 0) is 30.7 Å². The molecule has 0 amide bonds. The molecule has 0 unspecified atom stereocenters. The van der Waals surface area contributed by atoms with Crippen LogP contribution in [0.1, 0.15) is 12.5 Å². The van der Waals surface area contributed by atoms with Crippen molar-refractivity contribution in [3.8, 4) is 11.5 Å². The Kier molecular flexibility index (Phi) is 3.82. The third-order valence-electron chi connectivity index (χ3n) is 2.89. The first-order valence-corrected chi connectivity index (χ1v) is 6.67. The number of anilines is 1. The molecule has 2 heterocycles. The summed E-state index contributed by atoms with van der Waals surface area (Å²) in [4.78, 5) is 15.1. The van der Waals surface area contributed by atoms with Crippen LogP contribution in [0.4, 0.5) is 5.82 Å². The van der Waals surface area contributed by atoms with E-state index in [4.69, 9.17) is 4.74 Å². The first-order chi connectivity index (χ1) is 10.8. The number of benzene rings is 1. The molecule has 8 nitrogen and oxygen atoms in total. The number of imidazole rings is 1. The zero-order valence-corrected chi connectivity index (χ0v) is 11.8. The number of hydrogen-bond donors (Lipinski definition) is 3. The molecule has 22 heavy (non-hydrogen) atoms. The van der Waals surface area contributed by atoms with Crippen LogP contribution in [0.3, 0.4) is 0 Å². The van der Waals surface area contributed by atoms with Crippen LogP contribution in [-0.2, 0) is 0 Å². The minimum absolute atomic E-state index is 0.0990. The second-order valence-electron chi connectivity index (χ2n) is 4.35. The number of aromatic nitrogens is 4. The smallest absolute Gasteiger partial charge is 0.182 e. The summed E-state index contributed by atoms with van der Waals surface area (Å²) < 4.78 is 5.32. The number of hydrazone groups is 1. The predicted molar refractivity (Wildman–Crippen MR) is 82.2 cm³/mol. The number of ether oxygens (including phenoxy) is 1. The zero-order valence-electron chi connectivity index (χ0n) is 11.8. The molecule has 0 aliphatic rings. The SMILES string of the molecule is CCOc1cc(/C=N/Nc2ncnc3nc[nH]c23)ccc1O. The number of phenols is 1. The van der Waals surface area contributed by atoms with E-state index in [1.807, 2.05) is 6.92 Å². The van der Waals surface area contributed by atoms with Crippen molar-refractivity contribution in [2.24, 2.45) is 5.10 Å². The highest BCUT2D eigenvalue weighted by atomic mass is 16.5. The molecule has 112 valence electrons. The predicted octanol–water partition coefficient (Wildman–Crippen LogP) is 1.90. The Labute approximate surface area is 125 Å². The van der Waals surface area contributed by atoms with Crippen LogP contribution < -0.4 is 10.2 Å². The molecule has 0 radical (unpaired) electrons. The van der Waals surface area contributed by atoms with E-state index in [0.29, 0.717) is 29.3 Å². The maximum absolute atomic E-state index is 9.65. The van der Waals surface area contributed by atoms with E-state index in [9.17, 15) is 5.11 Å². The fourth-order valence-electron chi connectivity index (χ4n) is 1.90. The van der Waals surface area contributed by atoms with Crippen LogP contribution in [0.5, 0.6) is 11.5 Å². The summed E-state index contributed by atoms with van der Waals surface area (Å²) in [5, 5.41) is 13.8. The molecular formula is C14H14N6O2. The Morgan fingerprint density at radius 1 is 1.36 bits per heavy atom. The van der Waals surface area contributed by atoms with Gasteiger partial charge in [0, 0.05) is 0 Å². The number of aromatic hydroxyl groups is 1. The molecular weight excluding hydrogens is 284 g/mol. The lowest BCUT2D eigenvalue weighted by atomic mass is 10.2. The molecule has 0 saturated carbocycles. The van der Waals surface area contributed by atoms with Crippen LogP contribution in [0.25, 0.3) is 11.2 Å². The van der Waals surface area contributed by atoms with E-state index < -0.39 is 0 Å². The maximum Gasteiger partial charge on any atom is 0.182 e. The van der Waals surface area contributed by atoms with Crippen LogP contribution in [-0.4, -0.2) is 37.9 Å². The lowest BCUT2D eigenvalue weighted by Gasteiger charge is -2.06.